The van der Waals surface area contributed by atoms with E-state index in [1.807, 2.05) is 25.1 Å². The van der Waals surface area contributed by atoms with Gasteiger partial charge in [-0.1, -0.05) is 31.2 Å². The summed E-state index contributed by atoms with van der Waals surface area (Å²) in [4.78, 5) is 47.0. The van der Waals surface area contributed by atoms with Gasteiger partial charge in [-0.05, 0) is 36.2 Å². The molecular formula is C21H23N3O5. The van der Waals surface area contributed by atoms with Gasteiger partial charge in [-0.15, -0.1) is 0 Å². The first-order valence-electron chi connectivity index (χ1n) is 9.08. The average Bonchev–Trinajstić information content (AvgIpc) is 2.70. The van der Waals surface area contributed by atoms with E-state index >= 15 is 0 Å². The Morgan fingerprint density at radius 2 is 1.69 bits per heavy atom. The topological polar surface area (TPSA) is 114 Å². The normalized spacial score (nSPS) is 10.0. The quantitative estimate of drug-likeness (QED) is 0.591. The van der Waals surface area contributed by atoms with Crippen LogP contribution < -0.4 is 16.0 Å². The van der Waals surface area contributed by atoms with E-state index in [0.717, 1.165) is 12.0 Å². The third-order valence-electron chi connectivity index (χ3n) is 3.87. The van der Waals surface area contributed by atoms with E-state index in [0.29, 0.717) is 11.4 Å². The molecular weight excluding hydrogens is 374 g/mol. The van der Waals surface area contributed by atoms with E-state index in [2.05, 4.69) is 16.0 Å². The van der Waals surface area contributed by atoms with Gasteiger partial charge in [0.05, 0.1) is 12.1 Å². The minimum absolute atomic E-state index is 0.193. The fraction of sp³-hybridized carbons (Fsp3) is 0.238. The van der Waals surface area contributed by atoms with E-state index in [1.165, 1.54) is 19.1 Å². The number of aryl methyl sites for hydroxylation is 1. The zero-order valence-corrected chi connectivity index (χ0v) is 16.3. The molecule has 152 valence electrons. The largest absolute Gasteiger partial charge is 0.452 e. The Kier molecular flexibility index (Phi) is 7.90. The van der Waals surface area contributed by atoms with Crippen molar-refractivity contribution in [3.63, 3.8) is 0 Å². The lowest BCUT2D eigenvalue weighted by Gasteiger charge is -2.10. The maximum absolute atomic E-state index is 12.0. The number of esters is 1. The maximum Gasteiger partial charge on any atom is 0.338 e. The van der Waals surface area contributed by atoms with Gasteiger partial charge in [0.2, 0.25) is 11.8 Å². The van der Waals surface area contributed by atoms with Crippen molar-refractivity contribution >= 4 is 35.1 Å². The SMILES string of the molecule is CCc1ccccc1NC(=O)CNC(=O)COC(=O)c1cccc(NC(C)=O)c1. The second-order valence-corrected chi connectivity index (χ2v) is 6.17. The summed E-state index contributed by atoms with van der Waals surface area (Å²) in [6.07, 6.45) is 0.766. The molecule has 0 radical (unpaired) electrons. The number of nitrogens with one attached hydrogen (secondary N) is 3. The molecule has 0 aliphatic rings. The Hall–Kier alpha value is -3.68. The predicted octanol–water partition coefficient (Wildman–Crippen LogP) is 2.12. The second-order valence-electron chi connectivity index (χ2n) is 6.17. The highest BCUT2D eigenvalue weighted by Crippen LogP contribution is 2.15. The highest BCUT2D eigenvalue weighted by Gasteiger charge is 2.12. The van der Waals surface area contributed by atoms with Gasteiger partial charge >= 0.3 is 5.97 Å². The van der Waals surface area contributed by atoms with Crippen LogP contribution in [0.4, 0.5) is 11.4 Å². The molecule has 0 heterocycles. The fourth-order valence-electron chi connectivity index (χ4n) is 2.52. The Balaban J connectivity index is 1.78. The van der Waals surface area contributed by atoms with Crippen molar-refractivity contribution in [2.75, 3.05) is 23.8 Å². The molecule has 0 aliphatic heterocycles. The third-order valence-corrected chi connectivity index (χ3v) is 3.87. The lowest BCUT2D eigenvalue weighted by atomic mass is 10.1. The van der Waals surface area contributed by atoms with Crippen LogP contribution in [0.2, 0.25) is 0 Å². The summed E-state index contributed by atoms with van der Waals surface area (Å²) in [5.74, 6) is -1.97. The molecule has 2 aromatic rings. The van der Waals surface area contributed by atoms with Gasteiger partial charge in [0.25, 0.3) is 5.91 Å². The van der Waals surface area contributed by atoms with E-state index in [4.69, 9.17) is 4.74 Å². The van der Waals surface area contributed by atoms with Crippen LogP contribution in [0, 0.1) is 0 Å². The number of carbonyl (C=O) groups excluding carboxylic acids is 4. The van der Waals surface area contributed by atoms with Crippen LogP contribution >= 0.6 is 0 Å². The number of anilines is 2. The zero-order chi connectivity index (χ0) is 21.2. The van der Waals surface area contributed by atoms with Gasteiger partial charge in [0.15, 0.2) is 6.61 Å². The van der Waals surface area contributed by atoms with Crippen LogP contribution in [0.1, 0.15) is 29.8 Å². The molecule has 0 unspecified atom stereocenters. The second kappa shape index (κ2) is 10.6. The number of carbonyl (C=O) groups is 4. The minimum Gasteiger partial charge on any atom is -0.452 e. The van der Waals surface area contributed by atoms with Gasteiger partial charge in [0, 0.05) is 18.3 Å². The van der Waals surface area contributed by atoms with Crippen molar-refractivity contribution in [3.8, 4) is 0 Å². The van der Waals surface area contributed by atoms with Crippen molar-refractivity contribution in [2.24, 2.45) is 0 Å². The van der Waals surface area contributed by atoms with Gasteiger partial charge in [0.1, 0.15) is 0 Å². The van der Waals surface area contributed by atoms with E-state index in [-0.39, 0.29) is 23.9 Å². The number of hydrogen-bond donors (Lipinski definition) is 3. The molecule has 0 fully saturated rings. The fourth-order valence-corrected chi connectivity index (χ4v) is 2.52. The summed E-state index contributed by atoms with van der Waals surface area (Å²) in [5.41, 5.74) is 2.32. The summed E-state index contributed by atoms with van der Waals surface area (Å²) in [6, 6.07) is 13.6. The number of benzene rings is 2. The monoisotopic (exact) mass is 397 g/mol. The van der Waals surface area contributed by atoms with Crippen molar-refractivity contribution < 1.29 is 23.9 Å². The number of para-hydroxylation sites is 1. The first kappa shape index (κ1) is 21.6. The molecule has 3 amide bonds. The molecule has 0 saturated carbocycles. The van der Waals surface area contributed by atoms with Crippen LogP contribution in [0.15, 0.2) is 48.5 Å². The van der Waals surface area contributed by atoms with Crippen LogP contribution in [-0.2, 0) is 25.5 Å². The lowest BCUT2D eigenvalue weighted by molar-refractivity contribution is -0.126. The molecule has 0 aliphatic carbocycles. The van der Waals surface area contributed by atoms with Gasteiger partial charge in [-0.25, -0.2) is 4.79 Å². The average molecular weight is 397 g/mol. The Morgan fingerprint density at radius 3 is 2.41 bits per heavy atom. The van der Waals surface area contributed by atoms with Crippen molar-refractivity contribution in [1.29, 1.82) is 0 Å². The summed E-state index contributed by atoms with van der Waals surface area (Å²) < 4.78 is 4.94. The molecule has 29 heavy (non-hydrogen) atoms. The molecule has 0 spiro atoms. The summed E-state index contributed by atoms with van der Waals surface area (Å²) in [7, 11) is 0. The van der Waals surface area contributed by atoms with Crippen LogP contribution in [0.5, 0.6) is 0 Å². The molecule has 2 aromatic carbocycles. The van der Waals surface area contributed by atoms with E-state index < -0.39 is 18.5 Å². The molecule has 8 nitrogen and oxygen atoms in total. The minimum atomic E-state index is -0.714. The Bertz CT molecular complexity index is 911. The molecule has 0 aromatic heterocycles. The van der Waals surface area contributed by atoms with E-state index in [9.17, 15) is 19.2 Å². The van der Waals surface area contributed by atoms with Crippen LogP contribution in [0.3, 0.4) is 0 Å². The molecule has 0 bridgehead atoms. The number of amides is 3. The van der Waals surface area contributed by atoms with Gasteiger partial charge in [-0.3, -0.25) is 14.4 Å². The van der Waals surface area contributed by atoms with Gasteiger partial charge < -0.3 is 20.7 Å². The van der Waals surface area contributed by atoms with Crippen molar-refractivity contribution in [2.45, 2.75) is 20.3 Å². The molecule has 8 heteroatoms. The van der Waals surface area contributed by atoms with Crippen molar-refractivity contribution in [1.82, 2.24) is 5.32 Å². The number of hydrogen-bond acceptors (Lipinski definition) is 5. The number of rotatable bonds is 8. The highest BCUT2D eigenvalue weighted by molar-refractivity contribution is 5.96. The predicted molar refractivity (Wildman–Crippen MR) is 108 cm³/mol. The number of ether oxygens (including phenoxy) is 1. The Labute approximate surface area is 168 Å². The first-order valence-corrected chi connectivity index (χ1v) is 9.08. The maximum atomic E-state index is 12.0. The summed E-state index contributed by atoms with van der Waals surface area (Å²) in [5, 5.41) is 7.69. The summed E-state index contributed by atoms with van der Waals surface area (Å²) >= 11 is 0. The van der Waals surface area contributed by atoms with Crippen molar-refractivity contribution in [3.05, 3.63) is 59.7 Å². The van der Waals surface area contributed by atoms with Crippen LogP contribution in [-0.4, -0.2) is 36.8 Å². The smallest absolute Gasteiger partial charge is 0.338 e. The lowest BCUT2D eigenvalue weighted by Crippen LogP contribution is -2.35. The van der Waals surface area contributed by atoms with Crippen LogP contribution in [0.25, 0.3) is 0 Å². The van der Waals surface area contributed by atoms with E-state index in [1.54, 1.807) is 18.2 Å². The Morgan fingerprint density at radius 1 is 0.931 bits per heavy atom. The molecule has 0 atom stereocenters. The highest BCUT2D eigenvalue weighted by atomic mass is 16.5. The molecule has 3 N–H and O–H groups in total. The first-order chi connectivity index (χ1) is 13.9. The molecule has 2 rings (SSSR count). The zero-order valence-electron chi connectivity index (χ0n) is 16.3. The summed E-state index contributed by atoms with van der Waals surface area (Å²) in [6.45, 7) is 2.56. The molecule has 0 saturated heterocycles. The standard InChI is InChI=1S/C21H23N3O5/c1-3-15-7-4-5-10-18(15)24-19(26)12-22-20(27)13-29-21(28)16-8-6-9-17(11-16)23-14(2)25/h4-11H,3,12-13H2,1-2H3,(H,22,27)(H,23,25)(H,24,26). The van der Waals surface area contributed by atoms with Gasteiger partial charge in [-0.2, -0.15) is 0 Å². The third kappa shape index (κ3) is 7.10.